The smallest absolute Gasteiger partial charge is 0.262 e. The average molecular weight is 243 g/mol. The largest absolute Gasteiger partial charge is 0.484 e. The number of amides is 1. The first-order chi connectivity index (χ1) is 8.75. The number of rotatable bonds is 4. The SMILES string of the molecule is Nc1cnccc1NC(=O)COc1ccccc1. The van der Waals surface area contributed by atoms with E-state index >= 15 is 0 Å². The molecule has 5 heteroatoms. The zero-order valence-corrected chi connectivity index (χ0v) is 9.67. The lowest BCUT2D eigenvalue weighted by Gasteiger charge is -2.08. The quantitative estimate of drug-likeness (QED) is 0.856. The summed E-state index contributed by atoms with van der Waals surface area (Å²) >= 11 is 0. The van der Waals surface area contributed by atoms with Crippen molar-refractivity contribution < 1.29 is 9.53 Å². The highest BCUT2D eigenvalue weighted by Gasteiger charge is 2.05. The van der Waals surface area contributed by atoms with Crippen LogP contribution in [0.2, 0.25) is 0 Å². The van der Waals surface area contributed by atoms with E-state index in [0.29, 0.717) is 17.1 Å². The maximum Gasteiger partial charge on any atom is 0.262 e. The van der Waals surface area contributed by atoms with Gasteiger partial charge in [-0.2, -0.15) is 0 Å². The minimum Gasteiger partial charge on any atom is -0.484 e. The Morgan fingerprint density at radius 2 is 2.06 bits per heavy atom. The van der Waals surface area contributed by atoms with Crippen LogP contribution in [0.5, 0.6) is 5.75 Å². The molecule has 1 aromatic carbocycles. The summed E-state index contributed by atoms with van der Waals surface area (Å²) in [6.45, 7) is -0.0637. The average Bonchev–Trinajstić information content (AvgIpc) is 2.40. The third kappa shape index (κ3) is 3.21. The monoisotopic (exact) mass is 243 g/mol. The number of ether oxygens (including phenoxy) is 1. The van der Waals surface area contributed by atoms with Crippen molar-refractivity contribution in [1.82, 2.24) is 4.98 Å². The second kappa shape index (κ2) is 5.67. The van der Waals surface area contributed by atoms with E-state index < -0.39 is 0 Å². The number of nitrogens with zero attached hydrogens (tertiary/aromatic N) is 1. The molecule has 0 aliphatic heterocycles. The summed E-state index contributed by atoms with van der Waals surface area (Å²) in [5.74, 6) is 0.382. The second-order valence-electron chi connectivity index (χ2n) is 3.61. The Labute approximate surface area is 105 Å². The number of nitrogen functional groups attached to an aromatic ring is 1. The molecule has 0 spiro atoms. The predicted octanol–water partition coefficient (Wildman–Crippen LogP) is 1.68. The normalized spacial score (nSPS) is 9.78. The molecule has 0 atom stereocenters. The molecule has 0 saturated carbocycles. The number of carbonyl (C=O) groups is 1. The van der Waals surface area contributed by atoms with Gasteiger partial charge in [0.05, 0.1) is 17.6 Å². The summed E-state index contributed by atoms with van der Waals surface area (Å²) < 4.78 is 5.31. The summed E-state index contributed by atoms with van der Waals surface area (Å²) in [6, 6.07) is 10.8. The maximum atomic E-state index is 11.6. The molecule has 0 bridgehead atoms. The summed E-state index contributed by atoms with van der Waals surface area (Å²) in [7, 11) is 0. The number of para-hydroxylation sites is 1. The molecule has 0 unspecified atom stereocenters. The van der Waals surface area contributed by atoms with E-state index in [9.17, 15) is 4.79 Å². The van der Waals surface area contributed by atoms with Crippen molar-refractivity contribution in [3.05, 3.63) is 48.8 Å². The summed E-state index contributed by atoms with van der Waals surface area (Å²) in [6.07, 6.45) is 3.04. The number of benzene rings is 1. The molecule has 0 radical (unpaired) electrons. The highest BCUT2D eigenvalue weighted by atomic mass is 16.5. The number of hydrogen-bond acceptors (Lipinski definition) is 4. The highest BCUT2D eigenvalue weighted by Crippen LogP contribution is 2.15. The Kier molecular flexibility index (Phi) is 3.76. The molecule has 5 nitrogen and oxygen atoms in total. The van der Waals surface area contributed by atoms with Crippen LogP contribution in [0.1, 0.15) is 0 Å². The predicted molar refractivity (Wildman–Crippen MR) is 69.2 cm³/mol. The second-order valence-corrected chi connectivity index (χ2v) is 3.61. The molecule has 18 heavy (non-hydrogen) atoms. The Hall–Kier alpha value is -2.56. The fraction of sp³-hybridized carbons (Fsp3) is 0.0769. The fourth-order valence-electron chi connectivity index (χ4n) is 1.37. The first-order valence-electron chi connectivity index (χ1n) is 5.43. The van der Waals surface area contributed by atoms with Gasteiger partial charge in [0.15, 0.2) is 6.61 Å². The lowest BCUT2D eigenvalue weighted by Crippen LogP contribution is -2.20. The standard InChI is InChI=1S/C13H13N3O2/c14-11-8-15-7-6-12(11)16-13(17)9-18-10-4-2-1-3-5-10/h1-8H,9,14H2,(H,15,16,17). The minimum absolute atomic E-state index is 0.0637. The lowest BCUT2D eigenvalue weighted by atomic mass is 10.3. The third-order valence-corrected chi connectivity index (χ3v) is 2.24. The van der Waals surface area contributed by atoms with Crippen LogP contribution < -0.4 is 15.8 Å². The van der Waals surface area contributed by atoms with Crippen molar-refractivity contribution in [3.8, 4) is 5.75 Å². The van der Waals surface area contributed by atoms with Crippen LogP contribution in [0.4, 0.5) is 11.4 Å². The van der Waals surface area contributed by atoms with E-state index in [1.54, 1.807) is 24.4 Å². The minimum atomic E-state index is -0.267. The molecule has 0 saturated heterocycles. The van der Waals surface area contributed by atoms with Crippen LogP contribution in [0.3, 0.4) is 0 Å². The molecule has 1 heterocycles. The van der Waals surface area contributed by atoms with E-state index in [-0.39, 0.29) is 12.5 Å². The van der Waals surface area contributed by atoms with E-state index in [4.69, 9.17) is 10.5 Å². The van der Waals surface area contributed by atoms with Gasteiger partial charge in [-0.15, -0.1) is 0 Å². The Balaban J connectivity index is 1.88. The molecule has 92 valence electrons. The molecule has 1 amide bonds. The number of anilines is 2. The number of nitrogens with one attached hydrogen (secondary N) is 1. The van der Waals surface area contributed by atoms with Crippen LogP contribution in [0.15, 0.2) is 48.8 Å². The van der Waals surface area contributed by atoms with Gasteiger partial charge in [0, 0.05) is 6.20 Å². The summed E-state index contributed by atoms with van der Waals surface area (Å²) in [5, 5.41) is 2.65. The van der Waals surface area contributed by atoms with Crippen molar-refractivity contribution in [2.45, 2.75) is 0 Å². The summed E-state index contributed by atoms with van der Waals surface area (Å²) in [5.41, 5.74) is 6.61. The van der Waals surface area contributed by atoms with Gasteiger partial charge in [0.25, 0.3) is 5.91 Å². The molecule has 0 aliphatic rings. The molecule has 0 fully saturated rings. The molecule has 2 aromatic rings. The molecule has 2 rings (SSSR count). The van der Waals surface area contributed by atoms with Gasteiger partial charge in [-0.1, -0.05) is 18.2 Å². The van der Waals surface area contributed by atoms with E-state index in [1.807, 2.05) is 18.2 Å². The summed E-state index contributed by atoms with van der Waals surface area (Å²) in [4.78, 5) is 15.5. The van der Waals surface area contributed by atoms with Gasteiger partial charge in [-0.25, -0.2) is 0 Å². The maximum absolute atomic E-state index is 11.6. The van der Waals surface area contributed by atoms with Crippen LogP contribution >= 0.6 is 0 Å². The van der Waals surface area contributed by atoms with Gasteiger partial charge in [-0.05, 0) is 18.2 Å². The van der Waals surface area contributed by atoms with Gasteiger partial charge < -0.3 is 15.8 Å². The Morgan fingerprint density at radius 3 is 2.78 bits per heavy atom. The topological polar surface area (TPSA) is 77.2 Å². The lowest BCUT2D eigenvalue weighted by molar-refractivity contribution is -0.118. The first kappa shape index (κ1) is 11.9. The van der Waals surface area contributed by atoms with Crippen molar-refractivity contribution >= 4 is 17.3 Å². The molecular formula is C13H13N3O2. The zero-order chi connectivity index (χ0) is 12.8. The van der Waals surface area contributed by atoms with Crippen LogP contribution in [0.25, 0.3) is 0 Å². The number of nitrogens with two attached hydrogens (primary N) is 1. The van der Waals surface area contributed by atoms with E-state index in [1.165, 1.54) is 6.20 Å². The number of pyridine rings is 1. The van der Waals surface area contributed by atoms with Crippen molar-refractivity contribution in [1.29, 1.82) is 0 Å². The van der Waals surface area contributed by atoms with Crippen LogP contribution in [-0.2, 0) is 4.79 Å². The van der Waals surface area contributed by atoms with Gasteiger partial charge >= 0.3 is 0 Å². The highest BCUT2D eigenvalue weighted by molar-refractivity contribution is 5.94. The number of carbonyl (C=O) groups excluding carboxylic acids is 1. The van der Waals surface area contributed by atoms with E-state index in [2.05, 4.69) is 10.3 Å². The Bertz CT molecular complexity index is 529. The van der Waals surface area contributed by atoms with Crippen molar-refractivity contribution in [2.75, 3.05) is 17.7 Å². The third-order valence-electron chi connectivity index (χ3n) is 2.24. The van der Waals surface area contributed by atoms with Gasteiger partial charge in [-0.3, -0.25) is 9.78 Å². The number of aromatic nitrogens is 1. The van der Waals surface area contributed by atoms with Crippen molar-refractivity contribution in [2.24, 2.45) is 0 Å². The van der Waals surface area contributed by atoms with Crippen LogP contribution in [0, 0.1) is 0 Å². The zero-order valence-electron chi connectivity index (χ0n) is 9.67. The fourth-order valence-corrected chi connectivity index (χ4v) is 1.37. The van der Waals surface area contributed by atoms with Crippen molar-refractivity contribution in [3.63, 3.8) is 0 Å². The molecular weight excluding hydrogens is 230 g/mol. The number of hydrogen-bond donors (Lipinski definition) is 2. The first-order valence-corrected chi connectivity index (χ1v) is 5.43. The van der Waals surface area contributed by atoms with E-state index in [0.717, 1.165) is 0 Å². The van der Waals surface area contributed by atoms with Crippen LogP contribution in [-0.4, -0.2) is 17.5 Å². The molecule has 0 aliphatic carbocycles. The molecule has 1 aromatic heterocycles. The molecule has 3 N–H and O–H groups in total. The van der Waals surface area contributed by atoms with Gasteiger partial charge in [0.2, 0.25) is 0 Å². The van der Waals surface area contributed by atoms with Gasteiger partial charge in [0.1, 0.15) is 5.75 Å². The Morgan fingerprint density at radius 1 is 1.28 bits per heavy atom.